The van der Waals surface area contributed by atoms with Crippen molar-refractivity contribution in [3.8, 4) is 11.8 Å². The summed E-state index contributed by atoms with van der Waals surface area (Å²) in [6.07, 6.45) is 1.71. The van der Waals surface area contributed by atoms with Crippen molar-refractivity contribution in [3.63, 3.8) is 0 Å². The van der Waals surface area contributed by atoms with Crippen LogP contribution in [0.25, 0.3) is 0 Å². The number of sulfonamides is 1. The molecule has 0 radical (unpaired) electrons. The smallest absolute Gasteiger partial charge is 0.234 e. The number of aryl methyl sites for hydroxylation is 2. The number of ether oxygens (including phenoxy) is 1. The van der Waals surface area contributed by atoms with Gasteiger partial charge in [-0.3, -0.25) is 4.72 Å². The molecule has 0 unspecified atom stereocenters. The van der Waals surface area contributed by atoms with Gasteiger partial charge in [0.1, 0.15) is 17.4 Å². The first-order chi connectivity index (χ1) is 11.0. The van der Waals surface area contributed by atoms with Gasteiger partial charge in [0, 0.05) is 6.54 Å². The Kier molecular flexibility index (Phi) is 5.24. The number of rotatable bonds is 7. The predicted molar refractivity (Wildman–Crippen MR) is 86.7 cm³/mol. The van der Waals surface area contributed by atoms with Gasteiger partial charge >= 0.3 is 0 Å². The third kappa shape index (κ3) is 4.23. The van der Waals surface area contributed by atoms with Crippen molar-refractivity contribution in [1.82, 2.24) is 9.78 Å². The Balaban J connectivity index is 2.07. The van der Waals surface area contributed by atoms with Crippen LogP contribution >= 0.6 is 0 Å². The second kappa shape index (κ2) is 7.15. The summed E-state index contributed by atoms with van der Waals surface area (Å²) >= 11 is 0. The molecular weight excluding hydrogens is 316 g/mol. The molecule has 0 atom stereocenters. The molecule has 1 heterocycles. The van der Waals surface area contributed by atoms with Crippen LogP contribution in [0.3, 0.4) is 0 Å². The summed E-state index contributed by atoms with van der Waals surface area (Å²) in [4.78, 5) is 0. The van der Waals surface area contributed by atoms with E-state index in [1.165, 1.54) is 10.9 Å². The average molecular weight is 334 g/mol. The standard InChI is InChI=1S/C15H18N4O3S/c1-3-19-15(13(10-16)11-17-19)18-23(20,21)9-8-12-4-6-14(22-2)7-5-12/h4-7,11,18H,3,8-9H2,1-2H3. The van der Waals surface area contributed by atoms with Gasteiger partial charge in [-0.2, -0.15) is 10.4 Å². The Hall–Kier alpha value is -2.53. The van der Waals surface area contributed by atoms with Crippen LogP contribution in [-0.4, -0.2) is 31.1 Å². The Morgan fingerprint density at radius 2 is 2.04 bits per heavy atom. The molecule has 122 valence electrons. The fourth-order valence-electron chi connectivity index (χ4n) is 2.06. The summed E-state index contributed by atoms with van der Waals surface area (Å²) in [6, 6.07) is 9.16. The Labute approximate surface area is 135 Å². The lowest BCUT2D eigenvalue weighted by Gasteiger charge is -2.10. The molecule has 2 aromatic rings. The zero-order valence-electron chi connectivity index (χ0n) is 13.0. The van der Waals surface area contributed by atoms with Crippen LogP contribution in [0.4, 0.5) is 5.82 Å². The summed E-state index contributed by atoms with van der Waals surface area (Å²) in [5, 5.41) is 13.0. The van der Waals surface area contributed by atoms with E-state index in [0.29, 0.717) is 13.0 Å². The van der Waals surface area contributed by atoms with Gasteiger partial charge in [0.15, 0.2) is 5.82 Å². The molecule has 0 saturated carbocycles. The van der Waals surface area contributed by atoms with Gasteiger partial charge in [-0.15, -0.1) is 0 Å². The van der Waals surface area contributed by atoms with E-state index in [4.69, 9.17) is 10.00 Å². The number of nitriles is 1. The monoisotopic (exact) mass is 334 g/mol. The van der Waals surface area contributed by atoms with Crippen molar-refractivity contribution in [2.24, 2.45) is 0 Å². The van der Waals surface area contributed by atoms with Crippen LogP contribution in [0.1, 0.15) is 18.1 Å². The average Bonchev–Trinajstić information content (AvgIpc) is 2.94. The van der Waals surface area contributed by atoms with Crippen LogP contribution in [0, 0.1) is 11.3 Å². The molecule has 1 aromatic carbocycles. The molecule has 0 aliphatic carbocycles. The minimum absolute atomic E-state index is 0.0842. The normalized spacial score (nSPS) is 11.0. The highest BCUT2D eigenvalue weighted by molar-refractivity contribution is 7.92. The van der Waals surface area contributed by atoms with Crippen molar-refractivity contribution >= 4 is 15.8 Å². The largest absolute Gasteiger partial charge is 0.497 e. The Bertz CT molecular complexity index is 804. The van der Waals surface area contributed by atoms with Gasteiger partial charge in [0.05, 0.1) is 19.1 Å². The molecule has 8 heteroatoms. The number of benzene rings is 1. The second-order valence-electron chi connectivity index (χ2n) is 4.85. The quantitative estimate of drug-likeness (QED) is 0.832. The maximum atomic E-state index is 12.2. The first-order valence-electron chi connectivity index (χ1n) is 7.08. The number of nitrogens with zero attached hydrogens (tertiary/aromatic N) is 3. The summed E-state index contributed by atoms with van der Waals surface area (Å²) in [7, 11) is -2.00. The summed E-state index contributed by atoms with van der Waals surface area (Å²) in [5.41, 5.74) is 1.10. The van der Waals surface area contributed by atoms with Gasteiger partial charge < -0.3 is 4.74 Å². The van der Waals surface area contributed by atoms with Gasteiger partial charge in [-0.25, -0.2) is 13.1 Å². The number of hydrogen-bond donors (Lipinski definition) is 1. The van der Waals surface area contributed by atoms with E-state index < -0.39 is 10.0 Å². The molecule has 2 rings (SSSR count). The van der Waals surface area contributed by atoms with Crippen molar-refractivity contribution in [2.45, 2.75) is 19.9 Å². The maximum Gasteiger partial charge on any atom is 0.234 e. The zero-order chi connectivity index (χ0) is 16.9. The third-order valence-electron chi connectivity index (χ3n) is 3.33. The van der Waals surface area contributed by atoms with Crippen LogP contribution < -0.4 is 9.46 Å². The number of methoxy groups -OCH3 is 1. The molecule has 0 saturated heterocycles. The van der Waals surface area contributed by atoms with E-state index in [1.54, 1.807) is 19.2 Å². The van der Waals surface area contributed by atoms with Gasteiger partial charge in [-0.05, 0) is 31.0 Å². The van der Waals surface area contributed by atoms with E-state index in [2.05, 4.69) is 9.82 Å². The molecule has 0 amide bonds. The van der Waals surface area contributed by atoms with Crippen molar-refractivity contribution in [2.75, 3.05) is 17.6 Å². The molecule has 0 spiro atoms. The highest BCUT2D eigenvalue weighted by atomic mass is 32.2. The highest BCUT2D eigenvalue weighted by Crippen LogP contribution is 2.17. The van der Waals surface area contributed by atoms with Crippen LogP contribution in [-0.2, 0) is 23.0 Å². The van der Waals surface area contributed by atoms with Gasteiger partial charge in [0.2, 0.25) is 10.0 Å². The van der Waals surface area contributed by atoms with Crippen LogP contribution in [0.2, 0.25) is 0 Å². The Morgan fingerprint density at radius 1 is 1.35 bits per heavy atom. The number of nitrogens with one attached hydrogen (secondary N) is 1. The summed E-state index contributed by atoms with van der Waals surface area (Å²) in [5.74, 6) is 0.851. The van der Waals surface area contributed by atoms with Gasteiger partial charge in [0.25, 0.3) is 0 Å². The van der Waals surface area contributed by atoms with Crippen molar-refractivity contribution < 1.29 is 13.2 Å². The van der Waals surface area contributed by atoms with Crippen LogP contribution in [0.15, 0.2) is 30.5 Å². The topological polar surface area (TPSA) is 97.0 Å². The summed E-state index contributed by atoms with van der Waals surface area (Å²) in [6.45, 7) is 2.29. The number of aromatic nitrogens is 2. The first kappa shape index (κ1) is 16.8. The molecule has 7 nitrogen and oxygen atoms in total. The number of anilines is 1. The van der Waals surface area contributed by atoms with E-state index in [0.717, 1.165) is 11.3 Å². The zero-order valence-corrected chi connectivity index (χ0v) is 13.8. The molecule has 0 fully saturated rings. The SMILES string of the molecule is CCn1ncc(C#N)c1NS(=O)(=O)CCc1ccc(OC)cc1. The van der Waals surface area contributed by atoms with E-state index in [9.17, 15) is 8.42 Å². The molecular formula is C15H18N4O3S. The molecule has 1 aromatic heterocycles. The van der Waals surface area contributed by atoms with Gasteiger partial charge in [-0.1, -0.05) is 12.1 Å². The van der Waals surface area contributed by atoms with Crippen LogP contribution in [0.5, 0.6) is 5.75 Å². The Morgan fingerprint density at radius 3 is 2.61 bits per heavy atom. The van der Waals surface area contributed by atoms with Crippen molar-refractivity contribution in [3.05, 3.63) is 41.6 Å². The molecule has 0 bridgehead atoms. The molecule has 0 aliphatic heterocycles. The molecule has 1 N–H and O–H groups in total. The second-order valence-corrected chi connectivity index (χ2v) is 6.70. The first-order valence-corrected chi connectivity index (χ1v) is 8.73. The lowest BCUT2D eigenvalue weighted by molar-refractivity contribution is 0.414. The van der Waals surface area contributed by atoms with Crippen molar-refractivity contribution in [1.29, 1.82) is 5.26 Å². The highest BCUT2D eigenvalue weighted by Gasteiger charge is 2.17. The van der Waals surface area contributed by atoms with E-state index in [-0.39, 0.29) is 17.1 Å². The van der Waals surface area contributed by atoms with E-state index >= 15 is 0 Å². The molecule has 0 aliphatic rings. The minimum atomic E-state index is -3.58. The third-order valence-corrected chi connectivity index (χ3v) is 4.58. The predicted octanol–water partition coefficient (Wildman–Crippen LogP) is 1.77. The lowest BCUT2D eigenvalue weighted by atomic mass is 10.2. The fourth-order valence-corrected chi connectivity index (χ4v) is 3.17. The van der Waals surface area contributed by atoms with E-state index in [1.807, 2.05) is 25.1 Å². The fraction of sp³-hybridized carbons (Fsp3) is 0.333. The molecule has 23 heavy (non-hydrogen) atoms. The maximum absolute atomic E-state index is 12.2. The lowest BCUT2D eigenvalue weighted by Crippen LogP contribution is -2.21. The number of hydrogen-bond acceptors (Lipinski definition) is 5. The summed E-state index contributed by atoms with van der Waals surface area (Å²) < 4.78 is 33.5. The minimum Gasteiger partial charge on any atom is -0.497 e.